The number of pyridine rings is 1. The number of fused-ring (bicyclic) bond motifs is 1. The highest BCUT2D eigenvalue weighted by Gasteiger charge is 1.94. The van der Waals surface area contributed by atoms with Crippen LogP contribution >= 0.6 is 0 Å². The molecular weight excluding hydrogens is 212 g/mol. The molecule has 3 rings (SSSR count). The van der Waals surface area contributed by atoms with E-state index in [2.05, 4.69) is 9.97 Å². The molecule has 0 saturated heterocycles. The summed E-state index contributed by atoms with van der Waals surface area (Å²) in [5.74, 6) is 0.900. The van der Waals surface area contributed by atoms with Gasteiger partial charge in [0, 0.05) is 29.5 Å². The summed E-state index contributed by atoms with van der Waals surface area (Å²) in [6.07, 6.45) is 5.42. The number of benzene rings is 1. The SMILES string of the molecule is COc1ccc2[nH]ccc2c1.c1ccncc1. The number of methoxy groups -OCH3 is 1. The zero-order chi connectivity index (χ0) is 11.9. The standard InChI is InChI=1S/C9H9NO.C5H5N/c1-11-8-2-3-9-7(6-8)4-5-10-9;1-2-4-6-5-3-1/h2-6,10H,1H3;1-5H. The average Bonchev–Trinajstić information content (AvgIpc) is 2.88. The van der Waals surface area contributed by atoms with Crippen molar-refractivity contribution in [2.75, 3.05) is 7.11 Å². The van der Waals surface area contributed by atoms with Gasteiger partial charge in [-0.05, 0) is 36.4 Å². The lowest BCUT2D eigenvalue weighted by Crippen LogP contribution is -1.80. The minimum atomic E-state index is 0.900. The van der Waals surface area contributed by atoms with E-state index in [4.69, 9.17) is 4.74 Å². The molecule has 0 aliphatic carbocycles. The Morgan fingerprint density at radius 3 is 2.47 bits per heavy atom. The van der Waals surface area contributed by atoms with E-state index in [1.807, 2.05) is 48.7 Å². The van der Waals surface area contributed by atoms with Crippen molar-refractivity contribution >= 4 is 10.9 Å². The number of aromatic nitrogens is 2. The van der Waals surface area contributed by atoms with Gasteiger partial charge in [0.05, 0.1) is 7.11 Å². The number of ether oxygens (including phenoxy) is 1. The van der Waals surface area contributed by atoms with E-state index in [9.17, 15) is 0 Å². The first kappa shape index (κ1) is 11.2. The van der Waals surface area contributed by atoms with Gasteiger partial charge < -0.3 is 9.72 Å². The first-order valence-electron chi connectivity index (χ1n) is 5.36. The van der Waals surface area contributed by atoms with Crippen LogP contribution in [0.25, 0.3) is 10.9 Å². The molecule has 1 N–H and O–H groups in total. The highest BCUT2D eigenvalue weighted by Crippen LogP contribution is 2.18. The molecule has 0 amide bonds. The smallest absolute Gasteiger partial charge is 0.119 e. The Labute approximate surface area is 100 Å². The highest BCUT2D eigenvalue weighted by atomic mass is 16.5. The van der Waals surface area contributed by atoms with Gasteiger partial charge in [0.15, 0.2) is 0 Å². The third-order valence-corrected chi connectivity index (χ3v) is 2.33. The molecule has 0 bridgehead atoms. The molecule has 0 unspecified atom stereocenters. The summed E-state index contributed by atoms with van der Waals surface area (Å²) < 4.78 is 5.08. The third kappa shape index (κ3) is 3.08. The average molecular weight is 226 g/mol. The fourth-order valence-electron chi connectivity index (χ4n) is 1.47. The van der Waals surface area contributed by atoms with Crippen molar-refractivity contribution in [2.45, 2.75) is 0 Å². The van der Waals surface area contributed by atoms with E-state index in [1.165, 1.54) is 5.39 Å². The molecule has 17 heavy (non-hydrogen) atoms. The van der Waals surface area contributed by atoms with Crippen LogP contribution in [-0.4, -0.2) is 17.1 Å². The lowest BCUT2D eigenvalue weighted by molar-refractivity contribution is 0.415. The summed E-state index contributed by atoms with van der Waals surface area (Å²) >= 11 is 0. The van der Waals surface area contributed by atoms with Crippen molar-refractivity contribution < 1.29 is 4.74 Å². The summed E-state index contributed by atoms with van der Waals surface area (Å²) in [7, 11) is 1.67. The minimum Gasteiger partial charge on any atom is -0.497 e. The van der Waals surface area contributed by atoms with Crippen LogP contribution in [0.3, 0.4) is 0 Å². The molecule has 86 valence electrons. The molecule has 3 aromatic rings. The number of nitrogens with zero attached hydrogens (tertiary/aromatic N) is 1. The molecule has 0 aliphatic heterocycles. The van der Waals surface area contributed by atoms with Crippen LogP contribution in [0.4, 0.5) is 0 Å². The van der Waals surface area contributed by atoms with Gasteiger partial charge in [0.25, 0.3) is 0 Å². The number of hydrogen-bond donors (Lipinski definition) is 1. The predicted octanol–water partition coefficient (Wildman–Crippen LogP) is 3.26. The Balaban J connectivity index is 0.000000153. The van der Waals surface area contributed by atoms with Gasteiger partial charge in [0.1, 0.15) is 5.75 Å². The Hall–Kier alpha value is -2.29. The van der Waals surface area contributed by atoms with Crippen molar-refractivity contribution in [3.05, 3.63) is 61.1 Å². The molecule has 2 aromatic heterocycles. The minimum absolute atomic E-state index is 0.900. The molecule has 0 atom stereocenters. The van der Waals surface area contributed by atoms with Crippen molar-refractivity contribution in [2.24, 2.45) is 0 Å². The highest BCUT2D eigenvalue weighted by molar-refractivity contribution is 5.80. The van der Waals surface area contributed by atoms with Gasteiger partial charge in [-0.25, -0.2) is 0 Å². The van der Waals surface area contributed by atoms with Crippen molar-refractivity contribution in [1.29, 1.82) is 0 Å². The lowest BCUT2D eigenvalue weighted by Gasteiger charge is -1.97. The topological polar surface area (TPSA) is 37.9 Å². The van der Waals surface area contributed by atoms with E-state index in [-0.39, 0.29) is 0 Å². The largest absolute Gasteiger partial charge is 0.497 e. The van der Waals surface area contributed by atoms with E-state index in [0.29, 0.717) is 0 Å². The van der Waals surface area contributed by atoms with Crippen LogP contribution in [0, 0.1) is 0 Å². The molecule has 3 heteroatoms. The van der Waals surface area contributed by atoms with Crippen LogP contribution in [-0.2, 0) is 0 Å². The van der Waals surface area contributed by atoms with Gasteiger partial charge in [0.2, 0.25) is 0 Å². The Kier molecular flexibility index (Phi) is 3.76. The molecule has 0 radical (unpaired) electrons. The summed E-state index contributed by atoms with van der Waals surface area (Å²) in [6.45, 7) is 0. The van der Waals surface area contributed by atoms with Crippen LogP contribution < -0.4 is 4.74 Å². The second kappa shape index (κ2) is 5.70. The van der Waals surface area contributed by atoms with Crippen LogP contribution in [0.2, 0.25) is 0 Å². The molecule has 0 saturated carbocycles. The molecular formula is C14H14N2O. The normalized spacial score (nSPS) is 9.47. The molecule has 0 fully saturated rings. The quantitative estimate of drug-likeness (QED) is 0.691. The van der Waals surface area contributed by atoms with Gasteiger partial charge in [-0.1, -0.05) is 6.07 Å². The number of hydrogen-bond acceptors (Lipinski definition) is 2. The predicted molar refractivity (Wildman–Crippen MR) is 69.1 cm³/mol. The number of rotatable bonds is 1. The fraction of sp³-hybridized carbons (Fsp3) is 0.0714. The van der Waals surface area contributed by atoms with Crippen molar-refractivity contribution in [3.8, 4) is 5.75 Å². The zero-order valence-corrected chi connectivity index (χ0v) is 9.63. The summed E-state index contributed by atoms with van der Waals surface area (Å²) in [4.78, 5) is 6.90. The fourth-order valence-corrected chi connectivity index (χ4v) is 1.47. The molecule has 0 aliphatic rings. The van der Waals surface area contributed by atoms with Gasteiger partial charge in [-0.2, -0.15) is 0 Å². The zero-order valence-electron chi connectivity index (χ0n) is 9.63. The van der Waals surface area contributed by atoms with Crippen LogP contribution in [0.1, 0.15) is 0 Å². The van der Waals surface area contributed by atoms with Gasteiger partial charge >= 0.3 is 0 Å². The molecule has 0 spiro atoms. The maximum absolute atomic E-state index is 5.08. The maximum Gasteiger partial charge on any atom is 0.119 e. The summed E-state index contributed by atoms with van der Waals surface area (Å²) in [6, 6.07) is 13.7. The molecule has 2 heterocycles. The van der Waals surface area contributed by atoms with Crippen molar-refractivity contribution in [1.82, 2.24) is 9.97 Å². The maximum atomic E-state index is 5.08. The van der Waals surface area contributed by atoms with E-state index in [1.54, 1.807) is 19.5 Å². The molecule has 1 aromatic carbocycles. The monoisotopic (exact) mass is 226 g/mol. The Morgan fingerprint density at radius 2 is 1.88 bits per heavy atom. The third-order valence-electron chi connectivity index (χ3n) is 2.33. The Morgan fingerprint density at radius 1 is 1.06 bits per heavy atom. The van der Waals surface area contributed by atoms with Crippen molar-refractivity contribution in [3.63, 3.8) is 0 Å². The van der Waals surface area contributed by atoms with E-state index >= 15 is 0 Å². The van der Waals surface area contributed by atoms with E-state index < -0.39 is 0 Å². The van der Waals surface area contributed by atoms with Gasteiger partial charge in [-0.3, -0.25) is 4.98 Å². The first-order valence-corrected chi connectivity index (χ1v) is 5.36. The lowest BCUT2D eigenvalue weighted by atomic mass is 10.2. The summed E-state index contributed by atoms with van der Waals surface area (Å²) in [5.41, 5.74) is 1.14. The van der Waals surface area contributed by atoms with Crippen LogP contribution in [0.15, 0.2) is 61.1 Å². The Bertz CT molecular complexity index is 534. The number of nitrogens with one attached hydrogen (secondary N) is 1. The number of aromatic amines is 1. The summed E-state index contributed by atoms with van der Waals surface area (Å²) in [5, 5.41) is 1.18. The van der Waals surface area contributed by atoms with Crippen LogP contribution in [0.5, 0.6) is 5.75 Å². The molecule has 3 nitrogen and oxygen atoms in total. The van der Waals surface area contributed by atoms with Gasteiger partial charge in [-0.15, -0.1) is 0 Å². The second-order valence-corrected chi connectivity index (χ2v) is 3.46. The van der Waals surface area contributed by atoms with E-state index in [0.717, 1.165) is 11.3 Å². The second-order valence-electron chi connectivity index (χ2n) is 3.46. The number of H-pyrrole nitrogens is 1. The first-order chi connectivity index (χ1) is 8.40.